The summed E-state index contributed by atoms with van der Waals surface area (Å²) in [4.78, 5) is 11.1. The lowest BCUT2D eigenvalue weighted by Gasteiger charge is -2.06. The molecule has 2 aromatic rings. The number of para-hydroxylation sites is 1. The maximum atomic E-state index is 11.1. The van der Waals surface area contributed by atoms with Gasteiger partial charge in [-0.15, -0.1) is 0 Å². The minimum atomic E-state index is -2.55. The van der Waals surface area contributed by atoms with E-state index in [-0.39, 0.29) is 0 Å². The van der Waals surface area contributed by atoms with Crippen LogP contribution < -0.4 is 10.5 Å². The van der Waals surface area contributed by atoms with Crippen LogP contribution in [0, 0.1) is 6.92 Å². The fourth-order valence-electron chi connectivity index (χ4n) is 1.29. The number of nitrogen functional groups attached to an aromatic ring is 1. The Morgan fingerprint density at radius 3 is 2.05 bits per heavy atom. The number of benzene rings is 2. The molecule has 2 rings (SSSR count). The zero-order chi connectivity index (χ0) is 15.0. The molecule has 0 saturated heterocycles. The molecule has 106 valence electrons. The summed E-state index contributed by atoms with van der Waals surface area (Å²) in [6.45, 7) is 1.88. The lowest BCUT2D eigenvalue weighted by Crippen LogP contribution is -2.24. The topological polar surface area (TPSA) is 95.2 Å². The fraction of sp³-hybridized carbons (Fsp3) is 0.0714. The van der Waals surface area contributed by atoms with Gasteiger partial charge in [0.2, 0.25) is 0 Å². The van der Waals surface area contributed by atoms with Crippen molar-refractivity contribution in [2.75, 3.05) is 5.73 Å². The zero-order valence-electron chi connectivity index (χ0n) is 10.9. The molecule has 0 aliphatic heterocycles. The van der Waals surface area contributed by atoms with E-state index in [2.05, 4.69) is 0 Å². The van der Waals surface area contributed by atoms with E-state index < -0.39 is 17.2 Å². The summed E-state index contributed by atoms with van der Waals surface area (Å²) in [5.74, 6) is -0.617. The molecule has 2 aromatic carbocycles. The van der Waals surface area contributed by atoms with Crippen LogP contribution in [-0.2, 0) is 11.3 Å². The molecular weight excluding hydrogens is 276 g/mol. The van der Waals surface area contributed by atoms with Crippen molar-refractivity contribution in [3.63, 3.8) is 0 Å². The molecule has 0 aliphatic carbocycles. The van der Waals surface area contributed by atoms with Crippen molar-refractivity contribution in [3.8, 4) is 0 Å². The van der Waals surface area contributed by atoms with Crippen LogP contribution in [0.25, 0.3) is 0 Å². The highest BCUT2D eigenvalue weighted by Crippen LogP contribution is 2.02. The van der Waals surface area contributed by atoms with Gasteiger partial charge in [0.05, 0.1) is 0 Å². The Morgan fingerprint density at radius 1 is 1.10 bits per heavy atom. The summed E-state index contributed by atoms with van der Waals surface area (Å²) in [5.41, 5.74) is 7.52. The minimum absolute atomic E-state index is 0.329. The van der Waals surface area contributed by atoms with Gasteiger partial charge in [-0.3, -0.25) is 13.7 Å². The lowest BCUT2D eigenvalue weighted by molar-refractivity contribution is 0.0980. The molecule has 1 unspecified atom stereocenters. The SMILES string of the molecule is Cc1ccc(C(=O)NS(=O)[O-])cc1.Nc1ccccc1. The van der Waals surface area contributed by atoms with Gasteiger partial charge in [-0.2, -0.15) is 0 Å². The van der Waals surface area contributed by atoms with Crippen LogP contribution in [0.4, 0.5) is 5.69 Å². The molecule has 6 heteroatoms. The number of anilines is 1. The van der Waals surface area contributed by atoms with Gasteiger partial charge in [0, 0.05) is 22.5 Å². The van der Waals surface area contributed by atoms with Crippen LogP contribution in [0.1, 0.15) is 15.9 Å². The third kappa shape index (κ3) is 6.12. The summed E-state index contributed by atoms with van der Waals surface area (Å²) in [5, 5.41) is 0. The highest BCUT2D eigenvalue weighted by molar-refractivity contribution is 7.77. The predicted molar refractivity (Wildman–Crippen MR) is 78.4 cm³/mol. The van der Waals surface area contributed by atoms with E-state index in [4.69, 9.17) is 5.73 Å². The number of rotatable bonds is 2. The molecule has 3 N–H and O–H groups in total. The van der Waals surface area contributed by atoms with Crippen molar-refractivity contribution in [3.05, 3.63) is 65.7 Å². The number of nitrogens with two attached hydrogens (primary N) is 1. The molecule has 0 fully saturated rings. The summed E-state index contributed by atoms with van der Waals surface area (Å²) in [6.07, 6.45) is 0. The van der Waals surface area contributed by atoms with Gasteiger partial charge in [-0.1, -0.05) is 35.9 Å². The number of hydrogen-bond donors (Lipinski definition) is 2. The van der Waals surface area contributed by atoms with Crippen LogP contribution in [0.5, 0.6) is 0 Å². The molecular formula is C14H15N2O3S-. The van der Waals surface area contributed by atoms with Gasteiger partial charge in [0.15, 0.2) is 0 Å². The molecule has 0 heterocycles. The average Bonchev–Trinajstić information content (AvgIpc) is 2.40. The summed E-state index contributed by atoms with van der Waals surface area (Å²) in [7, 11) is 0. The number of hydrogen-bond acceptors (Lipinski definition) is 4. The Balaban J connectivity index is 0.000000240. The minimum Gasteiger partial charge on any atom is -0.755 e. The van der Waals surface area contributed by atoms with Crippen LogP contribution in [0.3, 0.4) is 0 Å². The van der Waals surface area contributed by atoms with Gasteiger partial charge in [0.25, 0.3) is 5.91 Å². The normalized spacial score (nSPS) is 10.9. The van der Waals surface area contributed by atoms with E-state index in [1.54, 1.807) is 29.0 Å². The first kappa shape index (κ1) is 15.9. The Labute approximate surface area is 120 Å². The second-order valence-electron chi connectivity index (χ2n) is 3.94. The third-order valence-corrected chi connectivity index (χ3v) is 2.64. The molecule has 20 heavy (non-hydrogen) atoms. The van der Waals surface area contributed by atoms with Crippen LogP contribution in [-0.4, -0.2) is 14.7 Å². The third-order valence-electron chi connectivity index (χ3n) is 2.29. The van der Waals surface area contributed by atoms with Gasteiger partial charge in [0.1, 0.15) is 0 Å². The molecule has 1 amide bonds. The molecule has 0 saturated carbocycles. The van der Waals surface area contributed by atoms with Crippen LogP contribution >= 0.6 is 0 Å². The van der Waals surface area contributed by atoms with Gasteiger partial charge in [-0.25, -0.2) is 0 Å². The van der Waals surface area contributed by atoms with E-state index in [1.807, 2.05) is 37.3 Å². The predicted octanol–water partition coefficient (Wildman–Crippen LogP) is 1.79. The smallest absolute Gasteiger partial charge is 0.262 e. The highest BCUT2D eigenvalue weighted by Gasteiger charge is 2.02. The second kappa shape index (κ2) is 8.08. The van der Waals surface area contributed by atoms with E-state index in [0.29, 0.717) is 5.56 Å². The first-order chi connectivity index (χ1) is 9.49. The van der Waals surface area contributed by atoms with Crippen molar-refractivity contribution in [2.24, 2.45) is 0 Å². The standard InChI is InChI=1S/C8H9NO3S.C6H7N/c1-6-2-4-7(5-3-6)8(10)9-13(11)12;7-6-4-2-1-3-5-6/h2-5H,1H3,(H,9,10)(H,11,12);1-5H,7H2/p-1. The van der Waals surface area contributed by atoms with Crippen molar-refractivity contribution in [1.29, 1.82) is 0 Å². The molecule has 0 bridgehead atoms. The Bertz CT molecular complexity index is 571. The zero-order valence-corrected chi connectivity index (χ0v) is 11.7. The van der Waals surface area contributed by atoms with Crippen molar-refractivity contribution >= 4 is 22.9 Å². The Kier molecular flexibility index (Phi) is 6.42. The molecule has 0 aromatic heterocycles. The number of amides is 1. The largest absolute Gasteiger partial charge is 0.755 e. The fourth-order valence-corrected chi connectivity index (χ4v) is 1.56. The highest BCUT2D eigenvalue weighted by atomic mass is 32.2. The summed E-state index contributed by atoms with van der Waals surface area (Å²) >= 11 is -2.55. The van der Waals surface area contributed by atoms with Crippen LogP contribution in [0.2, 0.25) is 0 Å². The monoisotopic (exact) mass is 291 g/mol. The Hall–Kier alpha value is -2.18. The number of nitrogens with one attached hydrogen (secondary N) is 1. The van der Waals surface area contributed by atoms with E-state index in [0.717, 1.165) is 11.3 Å². The van der Waals surface area contributed by atoms with Crippen molar-refractivity contribution < 1.29 is 13.6 Å². The number of carbonyl (C=O) groups is 1. The lowest BCUT2D eigenvalue weighted by atomic mass is 10.1. The number of carbonyl (C=O) groups excluding carboxylic acids is 1. The first-order valence-corrected chi connectivity index (χ1v) is 6.84. The van der Waals surface area contributed by atoms with Crippen LogP contribution in [0.15, 0.2) is 54.6 Å². The molecule has 5 nitrogen and oxygen atoms in total. The summed E-state index contributed by atoms with van der Waals surface area (Å²) in [6, 6.07) is 16.1. The van der Waals surface area contributed by atoms with Gasteiger partial charge >= 0.3 is 0 Å². The summed E-state index contributed by atoms with van der Waals surface area (Å²) < 4.78 is 22.0. The maximum absolute atomic E-state index is 11.1. The Morgan fingerprint density at radius 2 is 1.65 bits per heavy atom. The van der Waals surface area contributed by atoms with Crippen molar-refractivity contribution in [1.82, 2.24) is 4.72 Å². The second-order valence-corrected chi connectivity index (χ2v) is 4.62. The average molecular weight is 291 g/mol. The van der Waals surface area contributed by atoms with Crippen molar-refractivity contribution in [2.45, 2.75) is 6.92 Å². The quantitative estimate of drug-likeness (QED) is 0.651. The molecule has 1 atom stereocenters. The molecule has 0 spiro atoms. The maximum Gasteiger partial charge on any atom is 0.262 e. The van der Waals surface area contributed by atoms with Gasteiger partial charge in [-0.05, 0) is 31.2 Å². The first-order valence-electron chi connectivity index (χ1n) is 5.76. The van der Waals surface area contributed by atoms with E-state index in [1.165, 1.54) is 0 Å². The van der Waals surface area contributed by atoms with Gasteiger partial charge < -0.3 is 10.3 Å². The van der Waals surface area contributed by atoms with E-state index in [9.17, 15) is 13.6 Å². The molecule has 0 aliphatic rings. The van der Waals surface area contributed by atoms with E-state index >= 15 is 0 Å². The molecule has 0 radical (unpaired) electrons. The number of aryl methyl sites for hydroxylation is 1.